The Morgan fingerprint density at radius 2 is 2.10 bits per heavy atom. The molecular weight excluding hydrogens is 352 g/mol. The molecule has 0 fully saturated rings. The number of ether oxygens (including phenoxy) is 1. The largest absolute Gasteiger partial charge is 0.494 e. The van der Waals surface area contributed by atoms with Gasteiger partial charge in [0.05, 0.1) is 23.4 Å². The van der Waals surface area contributed by atoms with Crippen LogP contribution in [0.25, 0.3) is 11.0 Å². The molecule has 21 heavy (non-hydrogen) atoms. The minimum Gasteiger partial charge on any atom is -0.494 e. The molecule has 6 heteroatoms. The third-order valence-electron chi connectivity index (χ3n) is 2.92. The predicted molar refractivity (Wildman–Crippen MR) is 92.8 cm³/mol. The normalized spacial score (nSPS) is 11.2. The molecule has 0 unspecified atom stereocenters. The van der Waals surface area contributed by atoms with Gasteiger partial charge in [-0.2, -0.15) is 0 Å². The molecule has 1 N–H and O–H groups in total. The van der Waals surface area contributed by atoms with E-state index in [0.717, 1.165) is 21.9 Å². The molecule has 0 bridgehead atoms. The number of hydrogen-bond donors (Lipinski definition) is 1. The maximum absolute atomic E-state index is 11.9. The van der Waals surface area contributed by atoms with E-state index in [1.165, 1.54) is 11.8 Å². The Hall–Kier alpha value is -1.01. The number of rotatable bonds is 5. The van der Waals surface area contributed by atoms with Gasteiger partial charge in [-0.05, 0) is 19.1 Å². The monoisotopic (exact) mass is 372 g/mol. The van der Waals surface area contributed by atoms with Crippen molar-refractivity contribution < 1.29 is 9.53 Å². The van der Waals surface area contributed by atoms with Crippen LogP contribution in [-0.2, 0) is 4.79 Å². The van der Waals surface area contributed by atoms with E-state index in [1.54, 1.807) is 0 Å². The number of ketones is 1. The number of benzene rings is 1. The summed E-state index contributed by atoms with van der Waals surface area (Å²) in [4.78, 5) is 19.6. The van der Waals surface area contributed by atoms with Gasteiger partial charge in [-0.3, -0.25) is 4.79 Å². The summed E-state index contributed by atoms with van der Waals surface area (Å²) in [5, 5.41) is 0.770. The zero-order chi connectivity index (χ0) is 14.8. The molecule has 0 atom stereocenters. The Kier molecular flexibility index (Phi) is 6.28. The molecule has 0 saturated carbocycles. The first-order chi connectivity index (χ1) is 9.40. The molecule has 0 aliphatic carbocycles. The molecule has 2 rings (SSSR count). The number of hydrogen-bond acceptors (Lipinski definition) is 4. The maximum Gasteiger partial charge on any atom is 0.166 e. The second-order valence-corrected chi connectivity index (χ2v) is 6.58. The summed E-state index contributed by atoms with van der Waals surface area (Å²) in [6, 6.07) is 5.76. The molecular formula is C15H21BrN2O2S. The first-order valence-electron chi connectivity index (χ1n) is 6.69. The summed E-state index contributed by atoms with van der Waals surface area (Å²) in [6.07, 6.45) is 0. The number of thioether (sulfide) groups is 1. The summed E-state index contributed by atoms with van der Waals surface area (Å²) in [5.74, 6) is 1.48. The summed E-state index contributed by atoms with van der Waals surface area (Å²) in [6.45, 7) is 8.40. The SMILES string of the molecule is Br.CCOc1ccc2nc(SCC(=O)C(C)(C)C)[nH]c2c1. The lowest BCUT2D eigenvalue weighted by Gasteiger charge is -2.15. The number of nitrogens with zero attached hydrogens (tertiary/aromatic N) is 1. The number of fused-ring (bicyclic) bond motifs is 1. The molecule has 0 aliphatic heterocycles. The minimum absolute atomic E-state index is 0. The third kappa shape index (κ3) is 4.74. The van der Waals surface area contributed by atoms with Crippen molar-refractivity contribution in [2.45, 2.75) is 32.9 Å². The number of imidazole rings is 1. The number of carbonyl (C=O) groups excluding carboxylic acids is 1. The second kappa shape index (κ2) is 7.31. The van der Waals surface area contributed by atoms with E-state index >= 15 is 0 Å². The van der Waals surface area contributed by atoms with Crippen molar-refractivity contribution in [1.29, 1.82) is 0 Å². The van der Waals surface area contributed by atoms with Crippen LogP contribution in [0.1, 0.15) is 27.7 Å². The Morgan fingerprint density at radius 1 is 1.38 bits per heavy atom. The molecule has 0 amide bonds. The van der Waals surface area contributed by atoms with Crippen LogP contribution < -0.4 is 4.74 Å². The second-order valence-electron chi connectivity index (χ2n) is 5.62. The van der Waals surface area contributed by atoms with E-state index in [9.17, 15) is 4.79 Å². The lowest BCUT2D eigenvalue weighted by molar-refractivity contribution is -0.123. The van der Waals surface area contributed by atoms with Crippen LogP contribution in [-0.4, -0.2) is 28.1 Å². The predicted octanol–water partition coefficient (Wildman–Crippen LogP) is 4.25. The van der Waals surface area contributed by atoms with Gasteiger partial charge in [-0.1, -0.05) is 32.5 Å². The van der Waals surface area contributed by atoms with Crippen molar-refractivity contribution in [3.63, 3.8) is 0 Å². The van der Waals surface area contributed by atoms with Gasteiger partial charge in [0.25, 0.3) is 0 Å². The lowest BCUT2D eigenvalue weighted by Crippen LogP contribution is -2.22. The average Bonchev–Trinajstić information content (AvgIpc) is 2.77. The molecule has 2 aromatic rings. The molecule has 0 radical (unpaired) electrons. The summed E-state index contributed by atoms with van der Waals surface area (Å²) < 4.78 is 5.46. The highest BCUT2D eigenvalue weighted by molar-refractivity contribution is 8.93. The van der Waals surface area contributed by atoms with Gasteiger partial charge in [0, 0.05) is 11.5 Å². The van der Waals surface area contributed by atoms with E-state index in [1.807, 2.05) is 45.9 Å². The van der Waals surface area contributed by atoms with Crippen molar-refractivity contribution in [2.24, 2.45) is 5.41 Å². The lowest BCUT2D eigenvalue weighted by atomic mass is 9.92. The number of aromatic nitrogens is 2. The summed E-state index contributed by atoms with van der Waals surface area (Å²) >= 11 is 1.44. The van der Waals surface area contributed by atoms with Crippen LogP contribution in [0.4, 0.5) is 0 Å². The number of Topliss-reactive ketones (excluding diaryl/α,β-unsaturated/α-hetero) is 1. The molecule has 1 aromatic carbocycles. The first-order valence-corrected chi connectivity index (χ1v) is 7.67. The van der Waals surface area contributed by atoms with Gasteiger partial charge in [-0.15, -0.1) is 17.0 Å². The van der Waals surface area contributed by atoms with E-state index < -0.39 is 0 Å². The smallest absolute Gasteiger partial charge is 0.166 e. The van der Waals surface area contributed by atoms with Gasteiger partial charge in [0.1, 0.15) is 11.5 Å². The molecule has 4 nitrogen and oxygen atoms in total. The van der Waals surface area contributed by atoms with Crippen LogP contribution in [0.15, 0.2) is 23.4 Å². The van der Waals surface area contributed by atoms with Crippen LogP contribution in [0.2, 0.25) is 0 Å². The zero-order valence-corrected chi connectivity index (χ0v) is 15.3. The van der Waals surface area contributed by atoms with Gasteiger partial charge >= 0.3 is 0 Å². The highest BCUT2D eigenvalue weighted by Gasteiger charge is 2.21. The fourth-order valence-corrected chi connectivity index (χ4v) is 2.69. The zero-order valence-electron chi connectivity index (χ0n) is 12.7. The van der Waals surface area contributed by atoms with Crippen molar-refractivity contribution in [3.8, 4) is 5.75 Å². The van der Waals surface area contributed by atoms with Crippen molar-refractivity contribution in [1.82, 2.24) is 9.97 Å². The molecule has 0 spiro atoms. The fraction of sp³-hybridized carbons (Fsp3) is 0.467. The van der Waals surface area contributed by atoms with E-state index in [0.29, 0.717) is 12.4 Å². The Morgan fingerprint density at radius 3 is 2.71 bits per heavy atom. The Balaban J connectivity index is 0.00000220. The van der Waals surface area contributed by atoms with Gasteiger partial charge in [0.15, 0.2) is 5.16 Å². The highest BCUT2D eigenvalue weighted by atomic mass is 79.9. The van der Waals surface area contributed by atoms with Crippen LogP contribution >= 0.6 is 28.7 Å². The number of carbonyl (C=O) groups is 1. The van der Waals surface area contributed by atoms with E-state index in [4.69, 9.17) is 4.74 Å². The van der Waals surface area contributed by atoms with Gasteiger partial charge < -0.3 is 9.72 Å². The van der Waals surface area contributed by atoms with E-state index in [-0.39, 0.29) is 28.2 Å². The molecule has 1 heterocycles. The standard InChI is InChI=1S/C15H20N2O2S.BrH/c1-5-19-10-6-7-11-12(8-10)17-14(16-11)20-9-13(18)15(2,3)4;/h6-8H,5,9H2,1-4H3,(H,16,17);1H. The molecule has 1 aromatic heterocycles. The molecule has 0 saturated heterocycles. The molecule has 0 aliphatic rings. The Labute approximate surface area is 139 Å². The average molecular weight is 373 g/mol. The maximum atomic E-state index is 11.9. The van der Waals surface area contributed by atoms with Crippen molar-refractivity contribution in [3.05, 3.63) is 18.2 Å². The van der Waals surface area contributed by atoms with Crippen LogP contribution in [0, 0.1) is 5.41 Å². The van der Waals surface area contributed by atoms with Crippen LogP contribution in [0.3, 0.4) is 0 Å². The topological polar surface area (TPSA) is 55.0 Å². The third-order valence-corrected chi connectivity index (χ3v) is 3.79. The van der Waals surface area contributed by atoms with Gasteiger partial charge in [-0.25, -0.2) is 4.98 Å². The summed E-state index contributed by atoms with van der Waals surface area (Å²) in [7, 11) is 0. The fourth-order valence-electron chi connectivity index (χ4n) is 1.64. The van der Waals surface area contributed by atoms with Crippen LogP contribution in [0.5, 0.6) is 5.75 Å². The highest BCUT2D eigenvalue weighted by Crippen LogP contribution is 2.25. The van der Waals surface area contributed by atoms with E-state index in [2.05, 4.69) is 9.97 Å². The van der Waals surface area contributed by atoms with Gasteiger partial charge in [0.2, 0.25) is 0 Å². The Bertz CT molecular complexity index is 620. The quantitative estimate of drug-likeness (QED) is 0.797. The number of aromatic amines is 1. The van der Waals surface area contributed by atoms with Crippen molar-refractivity contribution in [2.75, 3.05) is 12.4 Å². The number of H-pyrrole nitrogens is 1. The minimum atomic E-state index is -0.304. The molecule has 116 valence electrons. The van der Waals surface area contributed by atoms with Crippen molar-refractivity contribution >= 4 is 45.6 Å². The first kappa shape index (κ1) is 18.0. The summed E-state index contributed by atoms with van der Waals surface area (Å²) in [5.41, 5.74) is 1.52. The number of halogens is 1. The number of nitrogens with one attached hydrogen (secondary N) is 1.